The molecular weight excluding hydrogens is 253 g/mol. The maximum atomic E-state index is 13.1. The Balaban J connectivity index is 2.14. The van der Waals surface area contributed by atoms with Gasteiger partial charge in [-0.25, -0.2) is 0 Å². The van der Waals surface area contributed by atoms with Crippen LogP contribution in [0.5, 0.6) is 0 Å². The van der Waals surface area contributed by atoms with Crippen molar-refractivity contribution in [3.8, 4) is 0 Å². The molecule has 0 aliphatic carbocycles. The van der Waals surface area contributed by atoms with Gasteiger partial charge in [-0.1, -0.05) is 30.3 Å². The largest absolute Gasteiger partial charge is 0.409 e. The van der Waals surface area contributed by atoms with E-state index in [0.717, 1.165) is 5.56 Å². The second-order valence-electron chi connectivity index (χ2n) is 4.39. The van der Waals surface area contributed by atoms with Crippen molar-refractivity contribution in [2.45, 2.75) is 18.8 Å². The second kappa shape index (κ2) is 5.48. The minimum absolute atomic E-state index is 0.177. The molecule has 1 aromatic heterocycles. The maximum absolute atomic E-state index is 13.1. The number of halogens is 3. The number of hydrogen-bond acceptors (Lipinski definition) is 1. The molecule has 0 spiro atoms. The van der Waals surface area contributed by atoms with Gasteiger partial charge < -0.3 is 4.57 Å². The van der Waals surface area contributed by atoms with E-state index in [1.165, 1.54) is 10.6 Å². The van der Waals surface area contributed by atoms with Crippen molar-refractivity contribution in [3.05, 3.63) is 59.9 Å². The van der Waals surface area contributed by atoms with E-state index >= 15 is 0 Å². The summed E-state index contributed by atoms with van der Waals surface area (Å²) in [4.78, 5) is 0. The summed E-state index contributed by atoms with van der Waals surface area (Å²) < 4.78 is 40.8. The molecule has 0 aliphatic heterocycles. The number of rotatable bonds is 4. The lowest BCUT2D eigenvalue weighted by Crippen LogP contribution is -2.35. The highest BCUT2D eigenvalue weighted by Crippen LogP contribution is 2.32. The predicted molar refractivity (Wildman–Crippen MR) is 67.5 cm³/mol. The van der Waals surface area contributed by atoms with Gasteiger partial charge in [-0.2, -0.15) is 13.2 Å². The highest BCUT2D eigenvalue weighted by Gasteiger charge is 2.41. The number of aromatic nitrogens is 1. The van der Waals surface area contributed by atoms with Gasteiger partial charge >= 0.3 is 6.18 Å². The fourth-order valence-electron chi connectivity index (χ4n) is 1.98. The molecule has 5 heteroatoms. The molecule has 1 aromatic carbocycles. The molecule has 0 amide bonds. The molecule has 0 radical (unpaired) electrons. The van der Waals surface area contributed by atoms with Crippen LogP contribution in [-0.2, 0) is 13.6 Å². The fourth-order valence-corrected chi connectivity index (χ4v) is 1.98. The van der Waals surface area contributed by atoms with Crippen molar-refractivity contribution in [2.24, 2.45) is 7.05 Å². The van der Waals surface area contributed by atoms with Crippen molar-refractivity contribution in [1.82, 2.24) is 9.88 Å². The molecule has 1 unspecified atom stereocenters. The lowest BCUT2D eigenvalue weighted by atomic mass is 10.1. The van der Waals surface area contributed by atoms with Gasteiger partial charge in [0, 0.05) is 25.5 Å². The summed E-state index contributed by atoms with van der Waals surface area (Å²) in [6.07, 6.45) is -2.71. The number of aryl methyl sites for hydroxylation is 1. The van der Waals surface area contributed by atoms with Crippen molar-refractivity contribution in [3.63, 3.8) is 0 Å². The smallest absolute Gasteiger partial charge is 0.353 e. The molecular formula is C14H15F3N2. The minimum Gasteiger partial charge on any atom is -0.353 e. The van der Waals surface area contributed by atoms with Crippen molar-refractivity contribution >= 4 is 0 Å². The first kappa shape index (κ1) is 13.7. The van der Waals surface area contributed by atoms with E-state index in [0.29, 0.717) is 0 Å². The summed E-state index contributed by atoms with van der Waals surface area (Å²) >= 11 is 0. The van der Waals surface area contributed by atoms with Crippen molar-refractivity contribution in [1.29, 1.82) is 0 Å². The van der Waals surface area contributed by atoms with Crippen LogP contribution in [0.1, 0.15) is 17.3 Å². The average Bonchev–Trinajstić information content (AvgIpc) is 2.76. The summed E-state index contributed by atoms with van der Waals surface area (Å²) in [6.45, 7) is 0.177. The van der Waals surface area contributed by atoms with Gasteiger partial charge in [-0.3, -0.25) is 5.32 Å². The Morgan fingerprint density at radius 1 is 1.11 bits per heavy atom. The molecule has 2 nitrogen and oxygen atoms in total. The van der Waals surface area contributed by atoms with Crippen molar-refractivity contribution < 1.29 is 13.2 Å². The topological polar surface area (TPSA) is 17.0 Å². The predicted octanol–water partition coefficient (Wildman–Crippen LogP) is 3.42. The van der Waals surface area contributed by atoms with E-state index in [-0.39, 0.29) is 12.2 Å². The Morgan fingerprint density at radius 3 is 2.32 bits per heavy atom. The summed E-state index contributed by atoms with van der Waals surface area (Å²) in [6, 6.07) is 10.5. The van der Waals surface area contributed by atoms with E-state index < -0.39 is 12.2 Å². The zero-order valence-electron chi connectivity index (χ0n) is 10.5. The Bertz CT molecular complexity index is 517. The molecule has 2 aromatic rings. The van der Waals surface area contributed by atoms with Crippen LogP contribution in [0.2, 0.25) is 0 Å². The van der Waals surface area contributed by atoms with Crippen molar-refractivity contribution in [2.75, 3.05) is 0 Å². The summed E-state index contributed by atoms with van der Waals surface area (Å²) in [5.74, 6) is 0. The molecule has 2 rings (SSSR count). The molecule has 1 N–H and O–H groups in total. The van der Waals surface area contributed by atoms with E-state index in [4.69, 9.17) is 0 Å². The van der Waals surface area contributed by atoms with Gasteiger partial charge in [0.25, 0.3) is 0 Å². The Hall–Kier alpha value is -1.75. The van der Waals surface area contributed by atoms with Gasteiger partial charge in [-0.05, 0) is 17.7 Å². The molecule has 0 aliphatic rings. The van der Waals surface area contributed by atoms with Crippen LogP contribution >= 0.6 is 0 Å². The molecule has 0 fully saturated rings. The van der Waals surface area contributed by atoms with E-state index in [1.807, 2.05) is 18.2 Å². The third-order valence-electron chi connectivity index (χ3n) is 2.96. The van der Waals surface area contributed by atoms with Gasteiger partial charge in [0.1, 0.15) is 6.04 Å². The number of nitrogens with one attached hydrogen (secondary N) is 1. The first-order valence-corrected chi connectivity index (χ1v) is 5.94. The quantitative estimate of drug-likeness (QED) is 0.899. The van der Waals surface area contributed by atoms with Gasteiger partial charge in [0.15, 0.2) is 0 Å². The van der Waals surface area contributed by atoms with E-state index in [9.17, 15) is 13.2 Å². The van der Waals surface area contributed by atoms with Crippen LogP contribution in [0, 0.1) is 0 Å². The highest BCUT2D eigenvalue weighted by atomic mass is 19.4. The van der Waals surface area contributed by atoms with Crippen LogP contribution in [0.25, 0.3) is 0 Å². The minimum atomic E-state index is -4.32. The normalized spacial score (nSPS) is 13.5. The Labute approximate surface area is 109 Å². The molecule has 0 bridgehead atoms. The summed E-state index contributed by atoms with van der Waals surface area (Å²) in [5, 5.41) is 2.57. The third-order valence-corrected chi connectivity index (χ3v) is 2.96. The number of alkyl halides is 3. The zero-order chi connectivity index (χ0) is 13.9. The van der Waals surface area contributed by atoms with Crippen LogP contribution in [0.15, 0.2) is 48.7 Å². The van der Waals surface area contributed by atoms with Crippen LogP contribution in [0.4, 0.5) is 13.2 Å². The van der Waals surface area contributed by atoms with Crippen LogP contribution < -0.4 is 5.32 Å². The Kier molecular flexibility index (Phi) is 3.95. The summed E-state index contributed by atoms with van der Waals surface area (Å²) in [5.41, 5.74) is 1.04. The van der Waals surface area contributed by atoms with E-state index in [1.54, 1.807) is 31.4 Å². The third kappa shape index (κ3) is 3.38. The molecule has 0 saturated heterocycles. The van der Waals surface area contributed by atoms with Gasteiger partial charge in [0.05, 0.1) is 0 Å². The molecule has 0 saturated carbocycles. The molecule has 1 heterocycles. The first-order chi connectivity index (χ1) is 8.98. The van der Waals surface area contributed by atoms with Crippen LogP contribution in [-0.4, -0.2) is 10.7 Å². The summed E-state index contributed by atoms with van der Waals surface area (Å²) in [7, 11) is 1.61. The highest BCUT2D eigenvalue weighted by molar-refractivity contribution is 5.17. The second-order valence-corrected chi connectivity index (χ2v) is 4.39. The molecule has 1 atom stereocenters. The Morgan fingerprint density at radius 2 is 1.79 bits per heavy atom. The number of benzene rings is 1. The standard InChI is InChI=1S/C14H15F3N2/c1-19-9-5-8-12(19)13(14(15,16)17)18-10-11-6-3-2-4-7-11/h2-9,13,18H,10H2,1H3. The lowest BCUT2D eigenvalue weighted by molar-refractivity contribution is -0.159. The number of nitrogens with zero attached hydrogens (tertiary/aromatic N) is 1. The lowest BCUT2D eigenvalue weighted by Gasteiger charge is -2.22. The van der Waals surface area contributed by atoms with Gasteiger partial charge in [-0.15, -0.1) is 0 Å². The van der Waals surface area contributed by atoms with Crippen LogP contribution in [0.3, 0.4) is 0 Å². The monoisotopic (exact) mass is 268 g/mol. The van der Waals surface area contributed by atoms with E-state index in [2.05, 4.69) is 5.32 Å². The average molecular weight is 268 g/mol. The maximum Gasteiger partial charge on any atom is 0.409 e. The zero-order valence-corrected chi connectivity index (χ0v) is 10.5. The SMILES string of the molecule is Cn1cccc1C(NCc1ccccc1)C(F)(F)F. The first-order valence-electron chi connectivity index (χ1n) is 5.94. The molecule has 19 heavy (non-hydrogen) atoms. The molecule has 102 valence electrons. The fraction of sp³-hybridized carbons (Fsp3) is 0.286. The van der Waals surface area contributed by atoms with Gasteiger partial charge in [0.2, 0.25) is 0 Å². The number of hydrogen-bond donors (Lipinski definition) is 1.